The Bertz CT molecular complexity index is 186. The topological polar surface area (TPSA) is 84.0 Å². The molecule has 0 aromatic rings. The fraction of sp³-hybridized carbons (Fsp3) is 0.444. The van der Waals surface area contributed by atoms with Crippen molar-refractivity contribution < 1.29 is 35.7 Å². The van der Waals surface area contributed by atoms with Crippen LogP contribution in [0.1, 0.15) is 20.8 Å². The Morgan fingerprint density at radius 1 is 0.750 bits per heavy atom. The summed E-state index contributed by atoms with van der Waals surface area (Å²) in [4.78, 5) is 3.27. The maximum Gasteiger partial charge on any atom is 0 e. The average Bonchev–Trinajstić information content (AvgIpc) is 2.28. The molecule has 1 radical (unpaired) electrons. The van der Waals surface area contributed by atoms with Gasteiger partial charge in [0, 0.05) is 37.8 Å². The van der Waals surface area contributed by atoms with Crippen molar-refractivity contribution in [1.82, 2.24) is 0 Å². The van der Waals surface area contributed by atoms with Gasteiger partial charge in [-0.25, -0.2) is 6.57 Å². The Labute approximate surface area is 117 Å². The zero-order chi connectivity index (χ0) is 13.2. The van der Waals surface area contributed by atoms with Gasteiger partial charge in [-0.1, -0.05) is 0 Å². The fourth-order valence-electron chi connectivity index (χ4n) is 0. The number of rotatable bonds is 0. The van der Waals surface area contributed by atoms with E-state index in [0.717, 1.165) is 0 Å². The van der Waals surface area contributed by atoms with Crippen molar-refractivity contribution in [2.24, 2.45) is 0 Å². The summed E-state index contributed by atoms with van der Waals surface area (Å²) in [5.41, 5.74) is -0.167. The summed E-state index contributed by atoms with van der Waals surface area (Å²) in [6, 6.07) is 0. The molecule has 0 unspecified atom stereocenters. The van der Waals surface area contributed by atoms with Gasteiger partial charge in [-0.3, -0.25) is 0 Å². The predicted molar refractivity (Wildman–Crippen MR) is 52.4 cm³/mol. The van der Waals surface area contributed by atoms with Crippen molar-refractivity contribution in [3.8, 4) is 0 Å². The third-order valence-electron chi connectivity index (χ3n) is 0.335. The third kappa shape index (κ3) is 347. The molecule has 0 N–H and O–H groups in total. The van der Waals surface area contributed by atoms with Gasteiger partial charge in [0.1, 0.15) is 0 Å². The largest absolute Gasteiger partial charge is 0 e. The number of halogens is 1. The molecule has 0 bridgehead atoms. The Morgan fingerprint density at radius 3 is 0.812 bits per heavy atom. The molecule has 0 aliphatic rings. The molecular weight excluding hydrogens is 321 g/mol. The van der Waals surface area contributed by atoms with E-state index in [1.807, 2.05) is 20.8 Å². The van der Waals surface area contributed by atoms with Crippen LogP contribution >= 0.6 is 17.0 Å². The first-order valence-corrected chi connectivity index (χ1v) is 2.76. The smallest absolute Gasteiger partial charge is 0 e. The Hall–Kier alpha value is -0.551. The molecule has 0 aromatic heterocycles. The molecule has 0 amide bonds. The maximum absolute atomic E-state index is 7.50. The van der Waals surface area contributed by atoms with Gasteiger partial charge in [0.2, 0.25) is 5.54 Å². The van der Waals surface area contributed by atoms with E-state index in [1.54, 1.807) is 0 Å². The molecule has 0 saturated heterocycles. The third-order valence-corrected chi connectivity index (χ3v) is 0.335. The summed E-state index contributed by atoms with van der Waals surface area (Å²) in [5.74, 6) is 0. The second-order valence-electron chi connectivity index (χ2n) is 2.28. The minimum absolute atomic E-state index is 0. The Morgan fingerprint density at radius 2 is 0.812 bits per heavy atom. The van der Waals surface area contributed by atoms with Gasteiger partial charge < -0.3 is 4.85 Å². The van der Waals surface area contributed by atoms with Crippen molar-refractivity contribution in [3.05, 3.63) is 38.0 Å². The molecule has 0 spiro atoms. The van der Waals surface area contributed by atoms with Crippen LogP contribution in [0.3, 0.4) is 0 Å². The van der Waals surface area contributed by atoms with Crippen LogP contribution in [0.25, 0.3) is 4.85 Å². The Balaban J connectivity index is -0.0000000141. The molecule has 0 aliphatic heterocycles. The van der Waals surface area contributed by atoms with Gasteiger partial charge in [0.25, 0.3) is 0 Å². The predicted octanol–water partition coefficient (Wildman–Crippen LogP) is 2.13. The quantitative estimate of drug-likeness (QED) is 0.370. The summed E-state index contributed by atoms with van der Waals surface area (Å²) in [6.07, 6.45) is 0. The molecule has 0 aliphatic carbocycles. The average molecular weight is 331 g/mol. The van der Waals surface area contributed by atoms with E-state index >= 15 is 0 Å². The molecule has 89 valence electrons. The van der Waals surface area contributed by atoms with E-state index < -0.39 is 0 Å². The molecule has 0 aromatic carbocycles. The first kappa shape index (κ1) is 45.2. The van der Waals surface area contributed by atoms with Gasteiger partial charge in [0.15, 0.2) is 0 Å². The van der Waals surface area contributed by atoms with Gasteiger partial charge in [-0.05, 0) is 0 Å². The summed E-state index contributed by atoms with van der Waals surface area (Å²) < 4.78 is 30.0. The molecule has 0 saturated carbocycles. The second-order valence-corrected chi connectivity index (χ2v) is 2.28. The first-order chi connectivity index (χ1) is 6.56. The minimum Gasteiger partial charge on any atom is 0 e. The molecule has 0 fully saturated rings. The van der Waals surface area contributed by atoms with Crippen LogP contribution in [-0.2, 0) is 35.7 Å². The Kier molecular flexibility index (Phi) is 177. The molecule has 7 heteroatoms. The van der Waals surface area contributed by atoms with E-state index in [-0.39, 0.29) is 39.6 Å². The van der Waals surface area contributed by atoms with Crippen molar-refractivity contribution in [2.45, 2.75) is 26.3 Å². The fourth-order valence-corrected chi connectivity index (χ4v) is 0. The normalized spacial score (nSPS) is 4.38. The van der Waals surface area contributed by atoms with E-state index in [2.05, 4.69) is 31.4 Å². The zero-order valence-corrected chi connectivity index (χ0v) is 11.8. The first-order valence-electron chi connectivity index (χ1n) is 2.76. The zero-order valence-electron chi connectivity index (χ0n) is 8.87. The monoisotopic (exact) mass is 330 g/mol. The van der Waals surface area contributed by atoms with Gasteiger partial charge >= 0.3 is 45.2 Å². The van der Waals surface area contributed by atoms with Crippen LogP contribution in [-0.4, -0.2) is 5.54 Å². The van der Waals surface area contributed by atoms with Crippen LogP contribution < -0.4 is 0 Å². The second kappa shape index (κ2) is 62.8. The molecule has 5 nitrogen and oxygen atoms in total. The number of hydrogen-bond donors (Lipinski definition) is 0. The molecular formula is C9H10BrMnNO4. The van der Waals surface area contributed by atoms with Crippen molar-refractivity contribution >= 4 is 17.0 Å². The summed E-state index contributed by atoms with van der Waals surface area (Å²) in [6.45, 7) is 30.1. The van der Waals surface area contributed by atoms with E-state index in [0.29, 0.717) is 0 Å². The number of hydrogen-bond acceptors (Lipinski definition) is 0. The minimum atomic E-state index is -0.167. The summed E-state index contributed by atoms with van der Waals surface area (Å²) in [5, 5.41) is 0. The van der Waals surface area contributed by atoms with Gasteiger partial charge in [-0.2, -0.15) is 0 Å². The maximum atomic E-state index is 7.50. The van der Waals surface area contributed by atoms with Crippen molar-refractivity contribution in [1.29, 1.82) is 0 Å². The SMILES string of the molecule is Br.[C-]#[N+]C(C)(C)C.[C-]#[O+].[C-]#[O+].[C-]#[O+].[C-]#[O+].[Mn]. The standard InChI is InChI=1S/C5H9N.4CO.BrH.Mn/c1-5(2,3)6-4;4*1-2;;/h1-3H3;;;;;1H;. The summed E-state index contributed by atoms with van der Waals surface area (Å²) >= 11 is 0. The molecule has 0 heterocycles. The van der Waals surface area contributed by atoms with E-state index in [9.17, 15) is 0 Å². The molecule has 0 atom stereocenters. The van der Waals surface area contributed by atoms with E-state index in [4.69, 9.17) is 25.2 Å². The van der Waals surface area contributed by atoms with Crippen LogP contribution in [0.5, 0.6) is 0 Å². The summed E-state index contributed by atoms with van der Waals surface area (Å²) in [7, 11) is 0. The van der Waals surface area contributed by atoms with Crippen LogP contribution in [0, 0.1) is 33.2 Å². The van der Waals surface area contributed by atoms with Crippen LogP contribution in [0.2, 0.25) is 0 Å². The van der Waals surface area contributed by atoms with Crippen LogP contribution in [0.4, 0.5) is 0 Å². The van der Waals surface area contributed by atoms with Crippen molar-refractivity contribution in [2.75, 3.05) is 0 Å². The van der Waals surface area contributed by atoms with Gasteiger partial charge in [0.05, 0.1) is 0 Å². The molecule has 0 rings (SSSR count). The van der Waals surface area contributed by atoms with Gasteiger partial charge in [-0.15, -0.1) is 17.0 Å². The van der Waals surface area contributed by atoms with E-state index in [1.165, 1.54) is 0 Å². The molecule has 16 heavy (non-hydrogen) atoms. The number of nitrogens with zero attached hydrogens (tertiary/aromatic N) is 1. The van der Waals surface area contributed by atoms with Crippen molar-refractivity contribution in [3.63, 3.8) is 0 Å². The van der Waals surface area contributed by atoms with Crippen LogP contribution in [0.15, 0.2) is 0 Å².